The summed E-state index contributed by atoms with van der Waals surface area (Å²) in [6, 6.07) is 6.02. The molecule has 8 heteroatoms. The van der Waals surface area contributed by atoms with Crippen molar-refractivity contribution < 1.29 is 18.0 Å². The fourth-order valence-corrected chi connectivity index (χ4v) is 3.88. The van der Waals surface area contributed by atoms with Crippen LogP contribution in [-0.4, -0.2) is 61.7 Å². The summed E-state index contributed by atoms with van der Waals surface area (Å²) in [5.41, 5.74) is -0.102. The van der Waals surface area contributed by atoms with Gasteiger partial charge in [-0.1, -0.05) is 6.07 Å². The second-order valence-electron chi connectivity index (χ2n) is 6.78. The van der Waals surface area contributed by atoms with E-state index >= 15 is 0 Å². The van der Waals surface area contributed by atoms with Crippen molar-refractivity contribution >= 4 is 22.3 Å². The summed E-state index contributed by atoms with van der Waals surface area (Å²) >= 11 is 0. The first-order chi connectivity index (χ1) is 11.1. The van der Waals surface area contributed by atoms with Gasteiger partial charge in [0.15, 0.2) is 0 Å². The van der Waals surface area contributed by atoms with Crippen LogP contribution < -0.4 is 5.32 Å². The molecule has 0 unspecified atom stereocenters. The third kappa shape index (κ3) is 4.33. The third-order valence-electron chi connectivity index (χ3n) is 3.64. The fourth-order valence-electron chi connectivity index (χ4n) is 2.41. The number of hydrogen-bond acceptors (Lipinski definition) is 4. The van der Waals surface area contributed by atoms with Crippen molar-refractivity contribution in [1.29, 1.82) is 0 Å². The highest BCUT2D eigenvalue weighted by molar-refractivity contribution is 7.89. The van der Waals surface area contributed by atoms with Crippen molar-refractivity contribution in [1.82, 2.24) is 14.5 Å². The van der Waals surface area contributed by atoms with Gasteiger partial charge in [-0.15, -0.1) is 0 Å². The highest BCUT2D eigenvalue weighted by atomic mass is 32.2. The molecule has 1 aromatic rings. The number of nitrogens with zero attached hydrogens (tertiary/aromatic N) is 2. The molecule has 0 aliphatic carbocycles. The van der Waals surface area contributed by atoms with Gasteiger partial charge in [-0.3, -0.25) is 9.59 Å². The van der Waals surface area contributed by atoms with Crippen molar-refractivity contribution in [2.24, 2.45) is 0 Å². The van der Waals surface area contributed by atoms with Crippen molar-refractivity contribution in [3.05, 3.63) is 29.8 Å². The molecule has 0 radical (unpaired) electrons. The number of amides is 2. The molecule has 0 spiro atoms. The van der Waals surface area contributed by atoms with Gasteiger partial charge in [0.2, 0.25) is 16.4 Å². The van der Waals surface area contributed by atoms with Crippen LogP contribution in [0.2, 0.25) is 0 Å². The number of nitrogens with one attached hydrogen (secondary N) is 1. The summed E-state index contributed by atoms with van der Waals surface area (Å²) in [6.45, 7) is 6.81. The Kier molecular flexibility index (Phi) is 5.29. The smallest absolute Gasteiger partial charge is 0.251 e. The molecule has 7 nitrogen and oxygen atoms in total. The van der Waals surface area contributed by atoms with Gasteiger partial charge in [-0.05, 0) is 39.0 Å². The van der Waals surface area contributed by atoms with Crippen LogP contribution in [0.15, 0.2) is 29.2 Å². The molecule has 1 aromatic carbocycles. The van der Waals surface area contributed by atoms with E-state index in [2.05, 4.69) is 5.32 Å². The van der Waals surface area contributed by atoms with Gasteiger partial charge >= 0.3 is 0 Å². The maximum Gasteiger partial charge on any atom is 0.251 e. The monoisotopic (exact) mass is 353 g/mol. The van der Waals surface area contributed by atoms with Gasteiger partial charge in [-0.2, -0.15) is 4.31 Å². The minimum absolute atomic E-state index is 0.0867. The van der Waals surface area contributed by atoms with E-state index in [0.717, 1.165) is 6.41 Å². The molecule has 0 bridgehead atoms. The number of carbonyl (C=O) groups is 2. The Labute approximate surface area is 142 Å². The summed E-state index contributed by atoms with van der Waals surface area (Å²) < 4.78 is 26.8. The normalized spacial score (nSPS) is 16.7. The number of carbonyl (C=O) groups excluding carboxylic acids is 2. The molecule has 2 amide bonds. The van der Waals surface area contributed by atoms with Crippen LogP contribution in [0.3, 0.4) is 0 Å². The van der Waals surface area contributed by atoms with Crippen molar-refractivity contribution in [2.45, 2.75) is 31.2 Å². The second-order valence-corrected chi connectivity index (χ2v) is 8.72. The lowest BCUT2D eigenvalue weighted by atomic mass is 10.1. The van der Waals surface area contributed by atoms with E-state index in [1.54, 1.807) is 17.0 Å². The number of hydrogen-bond donors (Lipinski definition) is 1. The predicted molar refractivity (Wildman–Crippen MR) is 90.1 cm³/mol. The van der Waals surface area contributed by atoms with Gasteiger partial charge in [-0.25, -0.2) is 8.42 Å². The van der Waals surface area contributed by atoms with E-state index < -0.39 is 15.6 Å². The first kappa shape index (κ1) is 18.4. The Morgan fingerprint density at radius 3 is 2.33 bits per heavy atom. The first-order valence-electron chi connectivity index (χ1n) is 7.75. The zero-order valence-corrected chi connectivity index (χ0v) is 15.0. The summed E-state index contributed by atoms with van der Waals surface area (Å²) in [5.74, 6) is -0.315. The van der Waals surface area contributed by atoms with Crippen LogP contribution in [0.4, 0.5) is 0 Å². The summed E-state index contributed by atoms with van der Waals surface area (Å²) in [4.78, 5) is 24.6. The molecule has 0 atom stereocenters. The number of benzene rings is 1. The molecule has 2 rings (SSSR count). The molecule has 1 aliphatic heterocycles. The molecular formula is C16H23N3O4S. The van der Waals surface area contributed by atoms with Gasteiger partial charge < -0.3 is 10.2 Å². The number of sulfonamides is 1. The van der Waals surface area contributed by atoms with Crippen molar-refractivity contribution in [3.8, 4) is 0 Å². The van der Waals surface area contributed by atoms with Crippen LogP contribution >= 0.6 is 0 Å². The molecule has 132 valence electrons. The molecule has 1 saturated heterocycles. The first-order valence-corrected chi connectivity index (χ1v) is 9.19. The molecule has 1 fully saturated rings. The Balaban J connectivity index is 2.21. The summed E-state index contributed by atoms with van der Waals surface area (Å²) in [7, 11) is -3.68. The lowest BCUT2D eigenvalue weighted by molar-refractivity contribution is -0.119. The summed E-state index contributed by atoms with van der Waals surface area (Å²) in [6.07, 6.45) is 0.724. The van der Waals surface area contributed by atoms with Crippen molar-refractivity contribution in [3.63, 3.8) is 0 Å². The molecule has 0 saturated carbocycles. The molecule has 1 aliphatic rings. The molecule has 0 aromatic heterocycles. The molecular weight excluding hydrogens is 330 g/mol. The molecule has 1 N–H and O–H groups in total. The maximum atomic E-state index is 12.7. The fraction of sp³-hybridized carbons (Fsp3) is 0.500. The maximum absolute atomic E-state index is 12.7. The van der Waals surface area contributed by atoms with E-state index in [1.807, 2.05) is 20.8 Å². The largest absolute Gasteiger partial charge is 0.347 e. The SMILES string of the molecule is CC(C)(C)NC(=O)c1cccc(S(=O)(=O)N2CCN(C=O)CC2)c1. The van der Waals surface area contributed by atoms with E-state index in [-0.39, 0.29) is 23.9 Å². The van der Waals surface area contributed by atoms with Crippen LogP contribution in [0, 0.1) is 0 Å². The second kappa shape index (κ2) is 6.90. The number of piperazine rings is 1. The predicted octanol–water partition coefficient (Wildman–Crippen LogP) is 0.678. The van der Waals surface area contributed by atoms with E-state index in [9.17, 15) is 18.0 Å². The average Bonchev–Trinajstić information content (AvgIpc) is 2.53. The van der Waals surface area contributed by atoms with Gasteiger partial charge in [0.05, 0.1) is 4.90 Å². The quantitative estimate of drug-likeness (QED) is 0.807. The zero-order chi connectivity index (χ0) is 18.0. The van der Waals surface area contributed by atoms with E-state index in [0.29, 0.717) is 18.7 Å². The minimum atomic E-state index is -3.68. The molecule has 1 heterocycles. The van der Waals surface area contributed by atoms with Crippen LogP contribution in [0.1, 0.15) is 31.1 Å². The van der Waals surface area contributed by atoms with Gasteiger partial charge in [0, 0.05) is 37.3 Å². The molecule has 24 heavy (non-hydrogen) atoms. The van der Waals surface area contributed by atoms with Gasteiger partial charge in [0.25, 0.3) is 5.91 Å². The minimum Gasteiger partial charge on any atom is -0.347 e. The highest BCUT2D eigenvalue weighted by Gasteiger charge is 2.28. The highest BCUT2D eigenvalue weighted by Crippen LogP contribution is 2.19. The lowest BCUT2D eigenvalue weighted by Gasteiger charge is -2.31. The topological polar surface area (TPSA) is 86.8 Å². The lowest BCUT2D eigenvalue weighted by Crippen LogP contribution is -2.48. The Morgan fingerprint density at radius 1 is 1.17 bits per heavy atom. The number of rotatable bonds is 4. The zero-order valence-electron chi connectivity index (χ0n) is 14.2. The van der Waals surface area contributed by atoms with E-state index in [1.165, 1.54) is 16.4 Å². The Hall–Kier alpha value is -1.93. The van der Waals surface area contributed by atoms with E-state index in [4.69, 9.17) is 0 Å². The van der Waals surface area contributed by atoms with Crippen LogP contribution in [-0.2, 0) is 14.8 Å². The Bertz CT molecular complexity index is 717. The Morgan fingerprint density at radius 2 is 1.79 bits per heavy atom. The average molecular weight is 353 g/mol. The summed E-state index contributed by atoms with van der Waals surface area (Å²) in [5, 5.41) is 2.81. The van der Waals surface area contributed by atoms with Crippen LogP contribution in [0.25, 0.3) is 0 Å². The van der Waals surface area contributed by atoms with Crippen molar-refractivity contribution in [2.75, 3.05) is 26.2 Å². The van der Waals surface area contributed by atoms with Gasteiger partial charge in [0.1, 0.15) is 0 Å². The van der Waals surface area contributed by atoms with Crippen LogP contribution in [0.5, 0.6) is 0 Å². The third-order valence-corrected chi connectivity index (χ3v) is 5.54. The standard InChI is InChI=1S/C16H23N3O4S/c1-16(2,3)17-15(21)13-5-4-6-14(11-13)24(22,23)19-9-7-18(12-20)8-10-19/h4-6,11-12H,7-10H2,1-3H3,(H,17,21).